The van der Waals surface area contributed by atoms with Crippen molar-refractivity contribution in [3.63, 3.8) is 0 Å². The van der Waals surface area contributed by atoms with Crippen molar-refractivity contribution in [2.75, 3.05) is 13.6 Å². The zero-order chi connectivity index (χ0) is 21.3. The summed E-state index contributed by atoms with van der Waals surface area (Å²) in [5.74, 6) is -1.15. The predicted molar refractivity (Wildman–Crippen MR) is 102 cm³/mol. The highest BCUT2D eigenvalue weighted by atomic mass is 35.5. The number of alkyl halides is 3. The molecule has 3 rings (SSSR count). The fourth-order valence-corrected chi connectivity index (χ4v) is 3.38. The average Bonchev–Trinajstić information content (AvgIpc) is 3.05. The van der Waals surface area contributed by atoms with Gasteiger partial charge in [-0.1, -0.05) is 11.6 Å². The first-order valence-electron chi connectivity index (χ1n) is 8.83. The van der Waals surface area contributed by atoms with E-state index in [-0.39, 0.29) is 29.5 Å². The Morgan fingerprint density at radius 1 is 1.28 bits per heavy atom. The molecule has 1 aromatic carbocycles. The Morgan fingerprint density at radius 3 is 2.66 bits per heavy atom. The first-order valence-corrected chi connectivity index (χ1v) is 9.21. The molecule has 154 valence electrons. The first-order chi connectivity index (χ1) is 13.6. The third-order valence-electron chi connectivity index (χ3n) is 4.80. The van der Waals surface area contributed by atoms with E-state index in [4.69, 9.17) is 11.6 Å². The van der Waals surface area contributed by atoms with Gasteiger partial charge in [0.05, 0.1) is 16.8 Å². The van der Waals surface area contributed by atoms with Crippen molar-refractivity contribution in [2.24, 2.45) is 0 Å². The lowest BCUT2D eigenvalue weighted by Gasteiger charge is -2.16. The van der Waals surface area contributed by atoms with E-state index in [1.54, 1.807) is 34.8 Å². The number of carbonyl (C=O) groups excluding carboxylic acids is 1. The lowest BCUT2D eigenvalue weighted by molar-refractivity contribution is -0.138. The molecule has 4 nitrogen and oxygen atoms in total. The average molecular weight is 428 g/mol. The summed E-state index contributed by atoms with van der Waals surface area (Å²) in [6.45, 7) is 2.52. The number of carbonyl (C=O) groups is 1. The Bertz CT molecular complexity index is 1060. The standard InChI is InChI=1S/C20H18ClF4N3O/c1-3-27(2)19(29)11-28-7-5-13-17(26-6-4-18(13)28)10-14-15(20(23,24)25)8-12(22)9-16(14)21/h4-9H,3,10-11H2,1-2H3. The zero-order valence-electron chi connectivity index (χ0n) is 15.7. The molecule has 9 heteroatoms. The molecule has 0 fully saturated rings. The summed E-state index contributed by atoms with van der Waals surface area (Å²) >= 11 is 5.94. The van der Waals surface area contributed by atoms with Crippen LogP contribution in [0.5, 0.6) is 0 Å². The molecule has 0 aliphatic rings. The molecule has 3 aromatic rings. The molecular formula is C20H18ClF4N3O. The summed E-state index contributed by atoms with van der Waals surface area (Å²) in [5.41, 5.74) is -0.341. The summed E-state index contributed by atoms with van der Waals surface area (Å²) in [7, 11) is 1.69. The number of hydrogen-bond donors (Lipinski definition) is 0. The van der Waals surface area contributed by atoms with Crippen LogP contribution in [0.2, 0.25) is 5.02 Å². The monoisotopic (exact) mass is 427 g/mol. The highest BCUT2D eigenvalue weighted by molar-refractivity contribution is 6.31. The van der Waals surface area contributed by atoms with Crippen LogP contribution < -0.4 is 0 Å². The van der Waals surface area contributed by atoms with Crippen LogP contribution in [0.1, 0.15) is 23.7 Å². The third-order valence-corrected chi connectivity index (χ3v) is 5.13. The number of hydrogen-bond acceptors (Lipinski definition) is 2. The smallest absolute Gasteiger partial charge is 0.344 e. The van der Waals surface area contributed by atoms with E-state index in [1.165, 1.54) is 6.20 Å². The van der Waals surface area contributed by atoms with Gasteiger partial charge >= 0.3 is 6.18 Å². The topological polar surface area (TPSA) is 38.1 Å². The molecule has 2 aromatic heterocycles. The predicted octanol–water partition coefficient (Wildman–Crippen LogP) is 4.92. The molecule has 0 saturated heterocycles. The molecule has 0 bridgehead atoms. The summed E-state index contributed by atoms with van der Waals surface area (Å²) in [4.78, 5) is 18.0. The number of fused-ring (bicyclic) bond motifs is 1. The molecule has 0 aliphatic carbocycles. The van der Waals surface area contributed by atoms with E-state index in [2.05, 4.69) is 4.98 Å². The van der Waals surface area contributed by atoms with Gasteiger partial charge in [-0.2, -0.15) is 13.2 Å². The van der Waals surface area contributed by atoms with Gasteiger partial charge in [0.15, 0.2) is 0 Å². The van der Waals surface area contributed by atoms with Crippen molar-refractivity contribution in [1.82, 2.24) is 14.5 Å². The van der Waals surface area contributed by atoms with Crippen LogP contribution in [0.3, 0.4) is 0 Å². The largest absolute Gasteiger partial charge is 0.416 e. The quantitative estimate of drug-likeness (QED) is 0.542. The number of rotatable bonds is 5. The molecule has 0 spiro atoms. The molecule has 0 saturated carbocycles. The van der Waals surface area contributed by atoms with E-state index in [1.807, 2.05) is 6.92 Å². The van der Waals surface area contributed by atoms with Crippen LogP contribution >= 0.6 is 11.6 Å². The minimum absolute atomic E-state index is 0.0932. The summed E-state index contributed by atoms with van der Waals surface area (Å²) in [5, 5.41) is 0.295. The zero-order valence-corrected chi connectivity index (χ0v) is 16.5. The van der Waals surface area contributed by atoms with Crippen molar-refractivity contribution < 1.29 is 22.4 Å². The van der Waals surface area contributed by atoms with Crippen LogP contribution in [0.4, 0.5) is 17.6 Å². The number of likely N-dealkylation sites (N-methyl/N-ethyl adjacent to an activating group) is 1. The highest BCUT2D eigenvalue weighted by Crippen LogP contribution is 2.37. The maximum atomic E-state index is 13.5. The van der Waals surface area contributed by atoms with Crippen molar-refractivity contribution >= 4 is 28.4 Å². The SMILES string of the molecule is CCN(C)C(=O)Cn1ccc2c(Cc3c(Cl)cc(F)cc3C(F)(F)F)nccc21. The molecule has 0 atom stereocenters. The molecule has 0 radical (unpaired) electrons. The van der Waals surface area contributed by atoms with Crippen molar-refractivity contribution in [2.45, 2.75) is 26.1 Å². The van der Waals surface area contributed by atoms with Gasteiger partial charge in [0, 0.05) is 42.8 Å². The van der Waals surface area contributed by atoms with Gasteiger partial charge in [0.25, 0.3) is 0 Å². The Labute approximate surface area is 169 Å². The van der Waals surface area contributed by atoms with Gasteiger partial charge in [0.2, 0.25) is 5.91 Å². The molecule has 0 N–H and O–H groups in total. The second-order valence-electron chi connectivity index (χ2n) is 6.63. The molecule has 29 heavy (non-hydrogen) atoms. The molecule has 1 amide bonds. The van der Waals surface area contributed by atoms with E-state index in [9.17, 15) is 22.4 Å². The molecule has 0 aliphatic heterocycles. The second kappa shape index (κ2) is 8.02. The lowest BCUT2D eigenvalue weighted by atomic mass is 10.00. The first kappa shape index (κ1) is 21.1. The van der Waals surface area contributed by atoms with Crippen LogP contribution in [-0.4, -0.2) is 34.0 Å². The number of aromatic nitrogens is 2. The van der Waals surface area contributed by atoms with E-state index in [0.717, 1.165) is 6.07 Å². The van der Waals surface area contributed by atoms with Crippen LogP contribution in [-0.2, 0) is 23.9 Å². The fourth-order valence-electron chi connectivity index (χ4n) is 3.11. The van der Waals surface area contributed by atoms with Crippen molar-refractivity contribution in [3.05, 3.63) is 64.3 Å². The molecule has 0 unspecified atom stereocenters. The van der Waals surface area contributed by atoms with Gasteiger partial charge in [-0.15, -0.1) is 0 Å². The number of amides is 1. The van der Waals surface area contributed by atoms with Gasteiger partial charge < -0.3 is 9.47 Å². The normalized spacial score (nSPS) is 11.8. The van der Waals surface area contributed by atoms with Crippen LogP contribution in [0.15, 0.2) is 36.7 Å². The third kappa shape index (κ3) is 4.37. The number of halogens is 5. The Morgan fingerprint density at radius 2 is 2.00 bits per heavy atom. The minimum Gasteiger partial charge on any atom is -0.344 e. The van der Waals surface area contributed by atoms with Crippen LogP contribution in [0.25, 0.3) is 10.9 Å². The molecule has 2 heterocycles. The lowest BCUT2D eigenvalue weighted by Crippen LogP contribution is -2.29. The van der Waals surface area contributed by atoms with E-state index in [0.29, 0.717) is 29.2 Å². The maximum absolute atomic E-state index is 13.5. The van der Waals surface area contributed by atoms with E-state index >= 15 is 0 Å². The van der Waals surface area contributed by atoms with Crippen molar-refractivity contribution in [3.8, 4) is 0 Å². The maximum Gasteiger partial charge on any atom is 0.416 e. The van der Waals surface area contributed by atoms with Gasteiger partial charge in [0.1, 0.15) is 12.4 Å². The minimum atomic E-state index is -4.75. The summed E-state index contributed by atoms with van der Waals surface area (Å²) in [6, 6.07) is 4.68. The number of nitrogens with zero attached hydrogens (tertiary/aromatic N) is 3. The van der Waals surface area contributed by atoms with Gasteiger partial charge in [-0.3, -0.25) is 9.78 Å². The number of benzene rings is 1. The second-order valence-corrected chi connectivity index (χ2v) is 7.04. The highest BCUT2D eigenvalue weighted by Gasteiger charge is 2.35. The number of pyridine rings is 1. The Kier molecular flexibility index (Phi) is 5.84. The summed E-state index contributed by atoms with van der Waals surface area (Å²) < 4.78 is 55.4. The Balaban J connectivity index is 2.02. The van der Waals surface area contributed by atoms with Crippen molar-refractivity contribution in [1.29, 1.82) is 0 Å². The van der Waals surface area contributed by atoms with Crippen LogP contribution in [0, 0.1) is 5.82 Å². The van der Waals surface area contributed by atoms with Gasteiger partial charge in [-0.05, 0) is 36.8 Å². The fraction of sp³-hybridized carbons (Fsp3) is 0.300. The van der Waals surface area contributed by atoms with E-state index < -0.39 is 17.6 Å². The van der Waals surface area contributed by atoms with Gasteiger partial charge in [-0.25, -0.2) is 4.39 Å². The molecular weight excluding hydrogens is 410 g/mol. The summed E-state index contributed by atoms with van der Waals surface area (Å²) in [6.07, 6.45) is -1.82. The Hall–Kier alpha value is -2.61.